The van der Waals surface area contributed by atoms with Crippen LogP contribution in [0.15, 0.2) is 18.2 Å². The molecule has 2 heteroatoms. The molecule has 0 bridgehead atoms. The number of benzene rings is 1. The molecular formula is C12H15NO. The van der Waals surface area contributed by atoms with E-state index in [1.807, 2.05) is 0 Å². The number of anilines is 1. The summed E-state index contributed by atoms with van der Waals surface area (Å²) in [7, 11) is 0. The van der Waals surface area contributed by atoms with E-state index in [1.165, 1.54) is 29.7 Å². The molecule has 3 rings (SSSR count). The average molecular weight is 189 g/mol. The molecule has 0 spiro atoms. The molecule has 1 saturated heterocycles. The molecule has 1 aromatic carbocycles. The van der Waals surface area contributed by atoms with Crippen LogP contribution in [0.1, 0.15) is 24.0 Å². The second-order valence-corrected chi connectivity index (χ2v) is 4.23. The fourth-order valence-electron chi connectivity index (χ4n) is 2.43. The van der Waals surface area contributed by atoms with E-state index in [4.69, 9.17) is 4.74 Å². The maximum absolute atomic E-state index is 5.79. The predicted octanol–water partition coefficient (Wildman–Crippen LogP) is 2.45. The van der Waals surface area contributed by atoms with Gasteiger partial charge in [-0.1, -0.05) is 12.1 Å². The summed E-state index contributed by atoms with van der Waals surface area (Å²) in [6, 6.07) is 6.65. The van der Waals surface area contributed by atoms with Crippen LogP contribution >= 0.6 is 0 Å². The number of nitrogens with zero attached hydrogens (tertiary/aromatic N) is 1. The Morgan fingerprint density at radius 1 is 1.43 bits per heavy atom. The van der Waals surface area contributed by atoms with Crippen LogP contribution in [0.5, 0.6) is 0 Å². The summed E-state index contributed by atoms with van der Waals surface area (Å²) in [6.07, 6.45) is 2.80. The van der Waals surface area contributed by atoms with E-state index in [1.54, 1.807) is 0 Å². The zero-order chi connectivity index (χ0) is 9.54. The fraction of sp³-hybridized carbons (Fsp3) is 0.500. The van der Waals surface area contributed by atoms with Gasteiger partial charge in [-0.15, -0.1) is 0 Å². The largest absolute Gasteiger partial charge is 0.354 e. The molecule has 0 amide bonds. The molecule has 2 heterocycles. The van der Waals surface area contributed by atoms with Crippen LogP contribution in [0.4, 0.5) is 5.69 Å². The van der Waals surface area contributed by atoms with Gasteiger partial charge < -0.3 is 9.64 Å². The minimum Gasteiger partial charge on any atom is -0.354 e. The minimum atomic E-state index is 0.351. The highest BCUT2D eigenvalue weighted by Gasteiger charge is 2.30. The Bertz CT molecular complexity index is 361. The number of aryl methyl sites for hydroxylation is 1. The van der Waals surface area contributed by atoms with E-state index < -0.39 is 0 Å². The molecule has 1 aromatic rings. The van der Waals surface area contributed by atoms with Gasteiger partial charge in [-0.3, -0.25) is 0 Å². The summed E-state index contributed by atoms with van der Waals surface area (Å²) in [4.78, 5) is 2.41. The minimum absolute atomic E-state index is 0.351. The normalized spacial score (nSPS) is 24.6. The lowest BCUT2D eigenvalue weighted by molar-refractivity contribution is 0.0384. The van der Waals surface area contributed by atoms with Gasteiger partial charge in [-0.2, -0.15) is 0 Å². The second-order valence-electron chi connectivity index (χ2n) is 4.23. The predicted molar refractivity (Wildman–Crippen MR) is 56.3 cm³/mol. The summed E-state index contributed by atoms with van der Waals surface area (Å²) < 4.78 is 5.79. The van der Waals surface area contributed by atoms with Crippen molar-refractivity contribution in [1.82, 2.24) is 0 Å². The second kappa shape index (κ2) is 2.99. The zero-order valence-electron chi connectivity index (χ0n) is 8.49. The molecule has 2 nitrogen and oxygen atoms in total. The first-order valence-electron chi connectivity index (χ1n) is 5.32. The Hall–Kier alpha value is -1.02. The fourth-order valence-corrected chi connectivity index (χ4v) is 2.43. The lowest BCUT2D eigenvalue weighted by atomic mass is 10.1. The summed E-state index contributed by atoms with van der Waals surface area (Å²) in [5.74, 6) is 0. The molecule has 0 N–H and O–H groups in total. The molecule has 74 valence electrons. The average Bonchev–Trinajstić information content (AvgIpc) is 2.65. The molecule has 0 unspecified atom stereocenters. The van der Waals surface area contributed by atoms with Crippen molar-refractivity contribution < 1.29 is 4.74 Å². The molecule has 1 atom stereocenters. The van der Waals surface area contributed by atoms with Gasteiger partial charge in [0.1, 0.15) is 6.23 Å². The molecular weight excluding hydrogens is 174 g/mol. The first-order chi connectivity index (χ1) is 6.84. The number of fused-ring (bicyclic) bond motifs is 3. The Morgan fingerprint density at radius 3 is 3.29 bits per heavy atom. The van der Waals surface area contributed by atoms with Crippen molar-refractivity contribution in [2.45, 2.75) is 32.6 Å². The maximum Gasteiger partial charge on any atom is 0.130 e. The van der Waals surface area contributed by atoms with Crippen LogP contribution in [0.3, 0.4) is 0 Å². The smallest absolute Gasteiger partial charge is 0.130 e. The number of ether oxygens (including phenoxy) is 1. The van der Waals surface area contributed by atoms with E-state index in [2.05, 4.69) is 30.0 Å². The lowest BCUT2D eigenvalue weighted by Crippen LogP contribution is -2.35. The summed E-state index contributed by atoms with van der Waals surface area (Å²) >= 11 is 0. The SMILES string of the molecule is Cc1ccc2c(c1)N1CCC[C@H]1OC2. The Labute approximate surface area is 84.5 Å². The van der Waals surface area contributed by atoms with Gasteiger partial charge in [0.25, 0.3) is 0 Å². The van der Waals surface area contributed by atoms with Gasteiger partial charge in [-0.25, -0.2) is 0 Å². The number of rotatable bonds is 0. The topological polar surface area (TPSA) is 12.5 Å². The van der Waals surface area contributed by atoms with Crippen molar-refractivity contribution in [2.75, 3.05) is 11.4 Å². The van der Waals surface area contributed by atoms with Crippen molar-refractivity contribution in [2.24, 2.45) is 0 Å². The first kappa shape index (κ1) is 8.30. The standard InChI is InChI=1S/C12H15NO/c1-9-4-5-10-8-14-12-3-2-6-13(12)11(10)7-9/h4-5,7,12H,2-3,6,8H2,1H3/t12-/m1/s1. The van der Waals surface area contributed by atoms with Crippen LogP contribution in [-0.2, 0) is 11.3 Å². The summed E-state index contributed by atoms with van der Waals surface area (Å²) in [5.41, 5.74) is 4.09. The van der Waals surface area contributed by atoms with E-state index >= 15 is 0 Å². The molecule has 0 aliphatic carbocycles. The third-order valence-corrected chi connectivity index (χ3v) is 3.18. The number of hydrogen-bond acceptors (Lipinski definition) is 2. The quantitative estimate of drug-likeness (QED) is 0.621. The summed E-state index contributed by atoms with van der Waals surface area (Å²) in [6.45, 7) is 4.10. The van der Waals surface area contributed by atoms with Gasteiger partial charge in [0, 0.05) is 17.8 Å². The third-order valence-electron chi connectivity index (χ3n) is 3.18. The van der Waals surface area contributed by atoms with Gasteiger partial charge in [0.2, 0.25) is 0 Å². The van der Waals surface area contributed by atoms with Gasteiger partial charge in [-0.05, 0) is 31.4 Å². The van der Waals surface area contributed by atoms with E-state index in [9.17, 15) is 0 Å². The zero-order valence-corrected chi connectivity index (χ0v) is 8.49. The van der Waals surface area contributed by atoms with Crippen molar-refractivity contribution in [3.05, 3.63) is 29.3 Å². The molecule has 2 aliphatic rings. The van der Waals surface area contributed by atoms with Gasteiger partial charge in [0.15, 0.2) is 0 Å². The van der Waals surface area contributed by atoms with Gasteiger partial charge in [0.05, 0.1) is 6.61 Å². The van der Waals surface area contributed by atoms with E-state index in [-0.39, 0.29) is 0 Å². The van der Waals surface area contributed by atoms with Crippen molar-refractivity contribution in [3.63, 3.8) is 0 Å². The van der Waals surface area contributed by atoms with Crippen LogP contribution in [0, 0.1) is 6.92 Å². The van der Waals surface area contributed by atoms with Crippen LogP contribution in [0.2, 0.25) is 0 Å². The van der Waals surface area contributed by atoms with Crippen molar-refractivity contribution >= 4 is 5.69 Å². The van der Waals surface area contributed by atoms with Crippen LogP contribution in [-0.4, -0.2) is 12.8 Å². The Balaban J connectivity index is 2.07. The van der Waals surface area contributed by atoms with Crippen molar-refractivity contribution in [1.29, 1.82) is 0 Å². The highest BCUT2D eigenvalue weighted by atomic mass is 16.5. The van der Waals surface area contributed by atoms with E-state index in [0.717, 1.165) is 13.2 Å². The highest BCUT2D eigenvalue weighted by Crippen LogP contribution is 2.34. The molecule has 0 radical (unpaired) electrons. The van der Waals surface area contributed by atoms with Crippen molar-refractivity contribution in [3.8, 4) is 0 Å². The Morgan fingerprint density at radius 2 is 2.36 bits per heavy atom. The summed E-state index contributed by atoms with van der Waals surface area (Å²) in [5, 5.41) is 0. The van der Waals surface area contributed by atoms with Crippen LogP contribution < -0.4 is 4.90 Å². The van der Waals surface area contributed by atoms with Crippen LogP contribution in [0.25, 0.3) is 0 Å². The first-order valence-corrected chi connectivity index (χ1v) is 5.32. The third kappa shape index (κ3) is 1.14. The van der Waals surface area contributed by atoms with Gasteiger partial charge >= 0.3 is 0 Å². The molecule has 2 aliphatic heterocycles. The van der Waals surface area contributed by atoms with E-state index in [0.29, 0.717) is 6.23 Å². The molecule has 0 aromatic heterocycles. The molecule has 0 saturated carbocycles. The maximum atomic E-state index is 5.79. The number of hydrogen-bond donors (Lipinski definition) is 0. The lowest BCUT2D eigenvalue weighted by Gasteiger charge is -2.33. The highest BCUT2D eigenvalue weighted by molar-refractivity contribution is 5.57. The molecule has 14 heavy (non-hydrogen) atoms. The monoisotopic (exact) mass is 189 g/mol. The Kier molecular flexibility index (Phi) is 1.77. The molecule has 1 fully saturated rings.